The van der Waals surface area contributed by atoms with Gasteiger partial charge in [-0.15, -0.1) is 0 Å². The van der Waals surface area contributed by atoms with E-state index in [2.05, 4.69) is 40.1 Å². The van der Waals surface area contributed by atoms with Gasteiger partial charge in [0.05, 0.1) is 0 Å². The summed E-state index contributed by atoms with van der Waals surface area (Å²) in [5.74, 6) is 0. The Morgan fingerprint density at radius 3 is 1.06 bits per heavy atom. The first kappa shape index (κ1) is 31.2. The Balaban J connectivity index is 3.80. The molecule has 0 bridgehead atoms. The molecule has 0 amide bonds. The van der Waals surface area contributed by atoms with Crippen LogP contribution in [0.3, 0.4) is 0 Å². The van der Waals surface area contributed by atoms with Crippen LogP contribution in [0.2, 0.25) is 0 Å². The minimum atomic E-state index is -1.55. The number of allylic oxidation sites excluding steroid dienone is 1. The van der Waals surface area contributed by atoms with Crippen molar-refractivity contribution < 1.29 is 0 Å². The molecule has 0 aliphatic rings. The van der Waals surface area contributed by atoms with Crippen molar-refractivity contribution in [2.24, 2.45) is 0 Å². The standard InChI is InChI=1S/C30H63P/c1-6-10-13-14-15-16-17-18-19-20-21-22-23-24-25-26-30-31(5,27-9-4,28-11-7-2)29-12-8-3/h9H,4,6-8,10-30H2,1-3,5H3. The Bertz CT molecular complexity index is 378. The van der Waals surface area contributed by atoms with Crippen LogP contribution in [0.5, 0.6) is 0 Å². The summed E-state index contributed by atoms with van der Waals surface area (Å²) in [6.45, 7) is 12.4. The second kappa shape index (κ2) is 20.8. The van der Waals surface area contributed by atoms with E-state index in [1.807, 2.05) is 0 Å². The van der Waals surface area contributed by atoms with Gasteiger partial charge in [-0.2, -0.15) is 0 Å². The molecule has 0 nitrogen and oxygen atoms in total. The van der Waals surface area contributed by atoms with Gasteiger partial charge in [0.2, 0.25) is 0 Å². The molecule has 0 spiro atoms. The minimum Gasteiger partial charge on any atom is -0.0654 e. The van der Waals surface area contributed by atoms with Gasteiger partial charge in [-0.05, 0) is 0 Å². The van der Waals surface area contributed by atoms with Gasteiger partial charge in [0.1, 0.15) is 0 Å². The molecule has 0 rings (SSSR count). The summed E-state index contributed by atoms with van der Waals surface area (Å²) in [6, 6.07) is 0. The fourth-order valence-corrected chi connectivity index (χ4v) is 11.3. The Morgan fingerprint density at radius 2 is 0.742 bits per heavy atom. The predicted octanol–water partition coefficient (Wildman–Crippen LogP) is 11.2. The van der Waals surface area contributed by atoms with Crippen LogP contribution >= 0.6 is 6.60 Å². The number of hydrogen-bond donors (Lipinski definition) is 0. The fourth-order valence-electron chi connectivity index (χ4n) is 5.47. The average molecular weight is 455 g/mol. The molecule has 0 aliphatic carbocycles. The van der Waals surface area contributed by atoms with Crippen molar-refractivity contribution in [3.05, 3.63) is 12.7 Å². The molecule has 0 N–H and O–H groups in total. The molecule has 31 heavy (non-hydrogen) atoms. The van der Waals surface area contributed by atoms with Crippen LogP contribution < -0.4 is 0 Å². The van der Waals surface area contributed by atoms with Gasteiger partial charge >= 0.3 is 161 Å². The number of rotatable bonds is 25. The molecule has 0 heterocycles. The Kier molecular flexibility index (Phi) is 20.9. The van der Waals surface area contributed by atoms with Crippen LogP contribution in [0.25, 0.3) is 0 Å². The van der Waals surface area contributed by atoms with Crippen LogP contribution in [0.4, 0.5) is 0 Å². The van der Waals surface area contributed by atoms with E-state index in [4.69, 9.17) is 0 Å². The molecule has 0 aromatic rings. The maximum absolute atomic E-state index is 4.16. The summed E-state index contributed by atoms with van der Waals surface area (Å²) < 4.78 is 0. The molecule has 188 valence electrons. The second-order valence-electron chi connectivity index (χ2n) is 11.3. The van der Waals surface area contributed by atoms with Gasteiger partial charge in [-0.25, -0.2) is 0 Å². The SMILES string of the molecule is C=CCP(C)(CCCC)(CCCC)CCCCCCCCCCCCCCCCCC. The topological polar surface area (TPSA) is 0 Å². The van der Waals surface area contributed by atoms with Gasteiger partial charge in [-0.1, -0.05) is 39.0 Å². The van der Waals surface area contributed by atoms with E-state index >= 15 is 0 Å². The quantitative estimate of drug-likeness (QED) is 0.0730. The normalized spacial score (nSPS) is 13.2. The van der Waals surface area contributed by atoms with E-state index in [0.29, 0.717) is 0 Å². The molecule has 0 aromatic carbocycles. The van der Waals surface area contributed by atoms with Crippen molar-refractivity contribution in [2.75, 3.05) is 31.3 Å². The van der Waals surface area contributed by atoms with E-state index in [1.54, 1.807) is 0 Å². The Morgan fingerprint density at radius 1 is 0.452 bits per heavy atom. The second-order valence-corrected chi connectivity index (χ2v) is 18.2. The van der Waals surface area contributed by atoms with Crippen molar-refractivity contribution in [1.29, 1.82) is 0 Å². The van der Waals surface area contributed by atoms with Crippen LogP contribution in [-0.2, 0) is 0 Å². The van der Waals surface area contributed by atoms with Gasteiger partial charge in [-0.3, -0.25) is 0 Å². The summed E-state index contributed by atoms with van der Waals surface area (Å²) in [6.07, 6.45) is 37.3. The Hall–Kier alpha value is 0.170. The maximum atomic E-state index is 4.16. The molecule has 0 aliphatic heterocycles. The fraction of sp³-hybridized carbons (Fsp3) is 0.933. The molecule has 0 fully saturated rings. The van der Waals surface area contributed by atoms with Crippen LogP contribution in [0.15, 0.2) is 12.7 Å². The van der Waals surface area contributed by atoms with Crippen LogP contribution in [0.1, 0.15) is 149 Å². The van der Waals surface area contributed by atoms with E-state index in [0.717, 1.165) is 0 Å². The van der Waals surface area contributed by atoms with Crippen molar-refractivity contribution in [2.45, 2.75) is 149 Å². The minimum absolute atomic E-state index is 1.34. The third-order valence-corrected chi connectivity index (χ3v) is 14.4. The monoisotopic (exact) mass is 454 g/mol. The summed E-state index contributed by atoms with van der Waals surface area (Å²) >= 11 is 0. The smallest absolute Gasteiger partial charge is 0.0654 e. The van der Waals surface area contributed by atoms with E-state index < -0.39 is 6.60 Å². The molecule has 0 unspecified atom stereocenters. The van der Waals surface area contributed by atoms with Gasteiger partial charge < -0.3 is 0 Å². The van der Waals surface area contributed by atoms with Gasteiger partial charge in [0.25, 0.3) is 0 Å². The molecule has 0 radical (unpaired) electrons. The van der Waals surface area contributed by atoms with Crippen molar-refractivity contribution in [3.63, 3.8) is 0 Å². The van der Waals surface area contributed by atoms with E-state index in [9.17, 15) is 0 Å². The molecule has 1 heteroatoms. The average Bonchev–Trinajstić information content (AvgIpc) is 2.77. The first-order valence-electron chi connectivity index (χ1n) is 14.6. The molecule has 0 atom stereocenters. The zero-order valence-corrected chi connectivity index (χ0v) is 23.6. The van der Waals surface area contributed by atoms with Crippen LogP contribution in [-0.4, -0.2) is 31.3 Å². The molecule has 0 aromatic heterocycles. The predicted molar refractivity (Wildman–Crippen MR) is 152 cm³/mol. The van der Waals surface area contributed by atoms with E-state index in [1.165, 1.54) is 153 Å². The first-order chi connectivity index (χ1) is 15.0. The van der Waals surface area contributed by atoms with Crippen LogP contribution in [0, 0.1) is 0 Å². The molecular formula is C30H63P. The summed E-state index contributed by atoms with van der Waals surface area (Å²) in [5.41, 5.74) is 0. The zero-order valence-electron chi connectivity index (χ0n) is 22.7. The van der Waals surface area contributed by atoms with Crippen molar-refractivity contribution in [3.8, 4) is 0 Å². The molecular weight excluding hydrogens is 391 g/mol. The van der Waals surface area contributed by atoms with Gasteiger partial charge in [0, 0.05) is 0 Å². The van der Waals surface area contributed by atoms with Gasteiger partial charge in [0.15, 0.2) is 0 Å². The van der Waals surface area contributed by atoms with E-state index in [-0.39, 0.29) is 0 Å². The zero-order chi connectivity index (χ0) is 23.1. The Labute approximate surface area is 199 Å². The number of unbranched alkanes of at least 4 members (excludes halogenated alkanes) is 17. The van der Waals surface area contributed by atoms with Crippen molar-refractivity contribution in [1.82, 2.24) is 0 Å². The third-order valence-electron chi connectivity index (χ3n) is 7.83. The molecule has 0 saturated carbocycles. The summed E-state index contributed by atoms with van der Waals surface area (Å²) in [4.78, 5) is 0. The molecule has 0 saturated heterocycles. The summed E-state index contributed by atoms with van der Waals surface area (Å²) in [5, 5.41) is 0. The van der Waals surface area contributed by atoms with Crippen molar-refractivity contribution >= 4 is 6.60 Å². The first-order valence-corrected chi connectivity index (χ1v) is 18.1. The number of hydrogen-bond acceptors (Lipinski definition) is 0. The third kappa shape index (κ3) is 17.3. The summed E-state index contributed by atoms with van der Waals surface area (Å²) in [7, 11) is 0.